The number of carboxylic acids is 1. The molecule has 1 unspecified atom stereocenters. The maximum Gasteiger partial charge on any atom is 0.306 e. The second-order valence-corrected chi connectivity index (χ2v) is 6.43. The molecular formula is C14H19NO2S. The van der Waals surface area contributed by atoms with Gasteiger partial charge < -0.3 is 5.11 Å². The molecule has 2 heterocycles. The minimum atomic E-state index is -0.617. The average Bonchev–Trinajstić information content (AvgIpc) is 3.05. The summed E-state index contributed by atoms with van der Waals surface area (Å²) in [4.78, 5) is 15.0. The number of rotatable bonds is 4. The first-order valence-electron chi connectivity index (χ1n) is 6.76. The van der Waals surface area contributed by atoms with E-state index >= 15 is 0 Å². The van der Waals surface area contributed by atoms with E-state index in [1.807, 2.05) is 11.3 Å². The summed E-state index contributed by atoms with van der Waals surface area (Å²) in [6.45, 7) is 1.88. The zero-order chi connectivity index (χ0) is 12.5. The van der Waals surface area contributed by atoms with Crippen molar-refractivity contribution < 1.29 is 9.90 Å². The van der Waals surface area contributed by atoms with Gasteiger partial charge in [-0.15, -0.1) is 11.3 Å². The molecule has 2 aliphatic rings. The highest BCUT2D eigenvalue weighted by atomic mass is 32.1. The Labute approximate surface area is 111 Å². The molecule has 1 N–H and O–H groups in total. The summed E-state index contributed by atoms with van der Waals surface area (Å²) < 4.78 is 0. The maximum atomic E-state index is 11.0. The van der Waals surface area contributed by atoms with Gasteiger partial charge in [-0.2, -0.15) is 0 Å². The third-order valence-electron chi connectivity index (χ3n) is 4.18. The molecule has 3 nitrogen and oxygen atoms in total. The molecule has 1 aliphatic carbocycles. The van der Waals surface area contributed by atoms with Crippen molar-refractivity contribution in [2.24, 2.45) is 11.8 Å². The van der Waals surface area contributed by atoms with E-state index in [0.717, 1.165) is 31.8 Å². The Balaban J connectivity index is 1.68. The van der Waals surface area contributed by atoms with E-state index in [4.69, 9.17) is 5.11 Å². The Hall–Kier alpha value is -0.870. The summed E-state index contributed by atoms with van der Waals surface area (Å²) in [6.07, 6.45) is 4.29. The maximum absolute atomic E-state index is 11.0. The highest BCUT2D eigenvalue weighted by Crippen LogP contribution is 2.46. The number of carbonyl (C=O) groups is 1. The molecule has 0 amide bonds. The van der Waals surface area contributed by atoms with Gasteiger partial charge in [0.05, 0.1) is 5.92 Å². The summed E-state index contributed by atoms with van der Waals surface area (Å²) in [5, 5.41) is 11.2. The van der Waals surface area contributed by atoms with Gasteiger partial charge in [-0.05, 0) is 56.1 Å². The number of carboxylic acid groups (broad SMARTS) is 1. The van der Waals surface area contributed by atoms with Gasteiger partial charge >= 0.3 is 5.97 Å². The first-order valence-corrected chi connectivity index (χ1v) is 7.64. The normalized spacial score (nSPS) is 24.0. The van der Waals surface area contributed by atoms with Crippen LogP contribution in [0.4, 0.5) is 0 Å². The molecule has 1 aromatic rings. The van der Waals surface area contributed by atoms with Crippen LogP contribution in [0.3, 0.4) is 0 Å². The topological polar surface area (TPSA) is 40.5 Å². The molecule has 0 bridgehead atoms. The second kappa shape index (κ2) is 5.02. The third kappa shape index (κ3) is 2.45. The molecule has 0 radical (unpaired) electrons. The Bertz CT molecular complexity index is 405. The van der Waals surface area contributed by atoms with Crippen molar-refractivity contribution in [3.8, 4) is 0 Å². The van der Waals surface area contributed by atoms with Crippen LogP contribution in [0.1, 0.15) is 36.6 Å². The predicted octanol–water partition coefficient (Wildman–Crippen LogP) is 3.00. The van der Waals surface area contributed by atoms with Crippen LogP contribution in [0, 0.1) is 11.8 Å². The Kier molecular flexibility index (Phi) is 3.39. The SMILES string of the molecule is O=C(O)C1CCN(C(c2cccs2)C2CC2)CC1. The second-order valence-electron chi connectivity index (χ2n) is 5.45. The van der Waals surface area contributed by atoms with Crippen molar-refractivity contribution in [1.82, 2.24) is 4.90 Å². The van der Waals surface area contributed by atoms with Crippen LogP contribution in [0.25, 0.3) is 0 Å². The van der Waals surface area contributed by atoms with Crippen LogP contribution < -0.4 is 0 Å². The molecule has 1 saturated carbocycles. The van der Waals surface area contributed by atoms with E-state index < -0.39 is 5.97 Å². The smallest absolute Gasteiger partial charge is 0.306 e. The summed E-state index contributed by atoms with van der Waals surface area (Å²) in [5.74, 6) is 0.0724. The van der Waals surface area contributed by atoms with Crippen LogP contribution >= 0.6 is 11.3 Å². The molecule has 98 valence electrons. The van der Waals surface area contributed by atoms with Crippen LogP contribution in [0.5, 0.6) is 0 Å². The number of thiophene rings is 1. The number of piperidine rings is 1. The molecule has 0 spiro atoms. The minimum absolute atomic E-state index is 0.121. The molecule has 1 aliphatic heterocycles. The van der Waals surface area contributed by atoms with Crippen LogP contribution in [0.15, 0.2) is 17.5 Å². The Morgan fingerprint density at radius 2 is 2.06 bits per heavy atom. The van der Waals surface area contributed by atoms with E-state index in [1.165, 1.54) is 17.7 Å². The van der Waals surface area contributed by atoms with E-state index in [0.29, 0.717) is 6.04 Å². The monoisotopic (exact) mass is 265 g/mol. The van der Waals surface area contributed by atoms with Crippen molar-refractivity contribution >= 4 is 17.3 Å². The molecular weight excluding hydrogens is 246 g/mol. The zero-order valence-electron chi connectivity index (χ0n) is 10.4. The number of aliphatic carboxylic acids is 1. The van der Waals surface area contributed by atoms with Crippen LogP contribution in [0.2, 0.25) is 0 Å². The molecule has 2 fully saturated rings. The van der Waals surface area contributed by atoms with E-state index in [1.54, 1.807) is 0 Å². The number of hydrogen-bond donors (Lipinski definition) is 1. The first-order chi connectivity index (χ1) is 8.75. The van der Waals surface area contributed by atoms with Crippen LogP contribution in [-0.4, -0.2) is 29.1 Å². The van der Waals surface area contributed by atoms with Gasteiger partial charge in [-0.1, -0.05) is 6.07 Å². The number of likely N-dealkylation sites (tertiary alicyclic amines) is 1. The largest absolute Gasteiger partial charge is 0.481 e. The fourth-order valence-electron chi connectivity index (χ4n) is 3.01. The lowest BCUT2D eigenvalue weighted by molar-refractivity contribution is -0.143. The van der Waals surface area contributed by atoms with E-state index in [-0.39, 0.29) is 5.92 Å². The summed E-state index contributed by atoms with van der Waals surface area (Å²) in [6, 6.07) is 4.91. The van der Waals surface area contributed by atoms with Gasteiger partial charge in [0.1, 0.15) is 0 Å². The lowest BCUT2D eigenvalue weighted by Crippen LogP contribution is -2.39. The highest BCUT2D eigenvalue weighted by Gasteiger charge is 2.38. The van der Waals surface area contributed by atoms with Crippen molar-refractivity contribution in [2.75, 3.05) is 13.1 Å². The molecule has 3 rings (SSSR count). The Morgan fingerprint density at radius 1 is 1.33 bits per heavy atom. The minimum Gasteiger partial charge on any atom is -0.481 e. The van der Waals surface area contributed by atoms with Gasteiger partial charge in [-0.25, -0.2) is 0 Å². The predicted molar refractivity (Wildman–Crippen MR) is 71.7 cm³/mol. The van der Waals surface area contributed by atoms with Crippen molar-refractivity contribution in [2.45, 2.75) is 31.7 Å². The van der Waals surface area contributed by atoms with E-state index in [2.05, 4.69) is 22.4 Å². The Morgan fingerprint density at radius 3 is 2.56 bits per heavy atom. The summed E-state index contributed by atoms with van der Waals surface area (Å²) in [5.41, 5.74) is 0. The number of hydrogen-bond acceptors (Lipinski definition) is 3. The van der Waals surface area contributed by atoms with Crippen molar-refractivity contribution in [3.63, 3.8) is 0 Å². The molecule has 18 heavy (non-hydrogen) atoms. The lowest BCUT2D eigenvalue weighted by Gasteiger charge is -2.36. The van der Waals surface area contributed by atoms with Gasteiger partial charge in [0.2, 0.25) is 0 Å². The number of nitrogens with zero attached hydrogens (tertiary/aromatic N) is 1. The first kappa shape index (κ1) is 12.2. The van der Waals surface area contributed by atoms with Crippen molar-refractivity contribution in [3.05, 3.63) is 22.4 Å². The average molecular weight is 265 g/mol. The van der Waals surface area contributed by atoms with Gasteiger partial charge in [0.25, 0.3) is 0 Å². The zero-order valence-corrected chi connectivity index (χ0v) is 11.2. The third-order valence-corrected chi connectivity index (χ3v) is 5.12. The molecule has 4 heteroatoms. The molecule has 1 aromatic heterocycles. The van der Waals surface area contributed by atoms with Gasteiger partial charge in [-0.3, -0.25) is 9.69 Å². The molecule has 0 aromatic carbocycles. The summed E-state index contributed by atoms with van der Waals surface area (Å²) in [7, 11) is 0. The van der Waals surface area contributed by atoms with Gasteiger partial charge in [0.15, 0.2) is 0 Å². The van der Waals surface area contributed by atoms with Gasteiger partial charge in [0, 0.05) is 10.9 Å². The summed E-state index contributed by atoms with van der Waals surface area (Å²) >= 11 is 1.84. The molecule has 1 atom stereocenters. The standard InChI is InChI=1S/C14H19NO2S/c16-14(17)11-5-7-15(8-6-11)13(10-3-4-10)12-2-1-9-18-12/h1-2,9-11,13H,3-8H2,(H,16,17). The highest BCUT2D eigenvalue weighted by molar-refractivity contribution is 7.10. The lowest BCUT2D eigenvalue weighted by atomic mass is 9.95. The fraction of sp³-hybridized carbons (Fsp3) is 0.643. The quantitative estimate of drug-likeness (QED) is 0.910. The van der Waals surface area contributed by atoms with Crippen molar-refractivity contribution in [1.29, 1.82) is 0 Å². The van der Waals surface area contributed by atoms with Crippen LogP contribution in [-0.2, 0) is 4.79 Å². The molecule has 1 saturated heterocycles. The van der Waals surface area contributed by atoms with E-state index in [9.17, 15) is 4.79 Å². The fourth-order valence-corrected chi connectivity index (χ4v) is 3.96.